The van der Waals surface area contributed by atoms with Crippen LogP contribution in [0.1, 0.15) is 13.7 Å². The summed E-state index contributed by atoms with van der Waals surface area (Å²) in [6, 6.07) is 43.6. The SMILES string of the molecule is [2H]c1c([2H])c([2H])c(-c2cccc(-c3c([2H])c([2H])c([2H])c([2H])c3[2H])c2-[n+]2[c-]n(-c3[c-]c(Oc4[c-]c5c(cc4)c4cc(-c6ccccc6)ccc4n5-c4cc(N(C)C)ccn4)ccc3)c3ccccc32)c([2H])c1[2H].[Pt]. The van der Waals surface area contributed by atoms with Gasteiger partial charge in [0.25, 0.3) is 6.33 Å². The van der Waals surface area contributed by atoms with Gasteiger partial charge in [-0.3, -0.25) is 4.57 Å². The summed E-state index contributed by atoms with van der Waals surface area (Å²) in [6.07, 6.45) is 5.19. The summed E-state index contributed by atoms with van der Waals surface area (Å²) in [5.41, 5.74) is 6.63. The van der Waals surface area contributed by atoms with Crippen LogP contribution in [0.5, 0.6) is 11.5 Å². The minimum absolute atomic E-state index is 0. The van der Waals surface area contributed by atoms with E-state index in [0.29, 0.717) is 34.0 Å². The topological polar surface area (TPSA) is 39.1 Å². The third kappa shape index (κ3) is 7.28. The normalized spacial score (nSPS) is 13.4. The number of aromatic nitrogens is 4. The molecule has 0 aliphatic heterocycles. The summed E-state index contributed by atoms with van der Waals surface area (Å²) in [5, 5.41) is 1.97. The second-order valence-corrected chi connectivity index (χ2v) is 14.7. The molecule has 0 atom stereocenters. The molecule has 0 N–H and O–H groups in total. The van der Waals surface area contributed by atoms with E-state index >= 15 is 0 Å². The molecule has 63 heavy (non-hydrogen) atoms. The molecule has 0 amide bonds. The molecule has 3 heterocycles. The molecule has 0 bridgehead atoms. The largest absolute Gasteiger partial charge is 0.510 e. The van der Waals surface area contributed by atoms with Gasteiger partial charge in [-0.15, -0.1) is 29.7 Å². The number of rotatable bonds is 9. The fourth-order valence-corrected chi connectivity index (χ4v) is 7.95. The molecule has 0 aliphatic rings. The van der Waals surface area contributed by atoms with Crippen LogP contribution in [0.3, 0.4) is 0 Å². The van der Waals surface area contributed by atoms with Crippen LogP contribution in [0.4, 0.5) is 5.69 Å². The van der Waals surface area contributed by atoms with Gasteiger partial charge in [0.1, 0.15) is 5.82 Å². The minimum atomic E-state index is -0.574. The van der Waals surface area contributed by atoms with Crippen LogP contribution in [0.25, 0.3) is 83.4 Å². The second kappa shape index (κ2) is 16.7. The van der Waals surface area contributed by atoms with Crippen LogP contribution in [0, 0.1) is 18.5 Å². The zero-order valence-corrected chi connectivity index (χ0v) is 36.0. The Morgan fingerprint density at radius 2 is 1.30 bits per heavy atom. The average molecular weight is 1000 g/mol. The van der Waals surface area contributed by atoms with Crippen molar-refractivity contribution in [3.8, 4) is 62.1 Å². The Morgan fingerprint density at radius 1 is 0.603 bits per heavy atom. The standard InChI is InChI=1S/C56H39N5O.Pt/c1-58(2)43-32-33-57-55(36-43)61-51-31-28-42(39-16-6-3-7-17-39)34-50(51)49-30-29-46(37-54(49)61)62-45-23-14-22-44(35-45)59-38-60(53-27-13-12-26-52(53)59)56-47(40-18-8-4-9-19-40)24-15-25-48(56)41-20-10-5-11-21-41;/h3-34,36H,1-2H3;/q-2;/i4D,5D,8D,9D,10D,11D,18D,19D,20D,21D;. The summed E-state index contributed by atoms with van der Waals surface area (Å²) in [7, 11) is 3.97. The summed E-state index contributed by atoms with van der Waals surface area (Å²) in [5.74, 6) is 1.47. The maximum atomic E-state index is 9.02. The van der Waals surface area contributed by atoms with Gasteiger partial charge in [0.2, 0.25) is 0 Å². The molecule has 0 aliphatic carbocycles. The third-order valence-corrected chi connectivity index (χ3v) is 10.8. The molecule has 3 aromatic heterocycles. The van der Waals surface area contributed by atoms with Crippen molar-refractivity contribution in [1.29, 1.82) is 0 Å². The van der Waals surface area contributed by atoms with Gasteiger partial charge in [0.05, 0.1) is 30.4 Å². The van der Waals surface area contributed by atoms with Gasteiger partial charge in [-0.25, -0.2) is 4.98 Å². The van der Waals surface area contributed by atoms with Crippen molar-refractivity contribution in [2.24, 2.45) is 0 Å². The van der Waals surface area contributed by atoms with Gasteiger partial charge in [-0.05, 0) is 56.6 Å². The zero-order chi connectivity index (χ0) is 50.3. The Hall–Kier alpha value is -7.53. The predicted octanol–water partition coefficient (Wildman–Crippen LogP) is 12.7. The molecule has 6 nitrogen and oxygen atoms in total. The van der Waals surface area contributed by atoms with Crippen molar-refractivity contribution >= 4 is 38.5 Å². The molecule has 11 aromatic rings. The Labute approximate surface area is 394 Å². The van der Waals surface area contributed by atoms with Gasteiger partial charge < -0.3 is 18.8 Å². The van der Waals surface area contributed by atoms with Crippen LogP contribution in [-0.4, -0.2) is 28.2 Å². The van der Waals surface area contributed by atoms with Crippen LogP contribution >= 0.6 is 0 Å². The van der Waals surface area contributed by atoms with Crippen molar-refractivity contribution in [3.05, 3.63) is 219 Å². The second-order valence-electron chi connectivity index (χ2n) is 14.7. The van der Waals surface area contributed by atoms with Crippen molar-refractivity contribution in [2.75, 3.05) is 19.0 Å². The monoisotopic (exact) mass is 1000 g/mol. The van der Waals surface area contributed by atoms with Crippen LogP contribution in [0.2, 0.25) is 0 Å². The van der Waals surface area contributed by atoms with E-state index in [0.717, 1.165) is 38.6 Å². The first-order valence-electron chi connectivity index (χ1n) is 24.8. The van der Waals surface area contributed by atoms with Gasteiger partial charge >= 0.3 is 0 Å². The van der Waals surface area contributed by atoms with Crippen molar-refractivity contribution in [1.82, 2.24) is 14.1 Å². The number of nitrogens with zero attached hydrogens (tertiary/aromatic N) is 5. The van der Waals surface area contributed by atoms with Crippen molar-refractivity contribution in [3.63, 3.8) is 0 Å². The molecule has 0 fully saturated rings. The molecule has 8 aromatic carbocycles. The van der Waals surface area contributed by atoms with Crippen LogP contribution < -0.4 is 14.2 Å². The van der Waals surface area contributed by atoms with E-state index < -0.39 is 60.4 Å². The van der Waals surface area contributed by atoms with E-state index in [4.69, 9.17) is 23.4 Å². The molecule has 0 spiro atoms. The first kappa shape index (κ1) is 29.7. The maximum Gasteiger partial charge on any atom is 0.268 e. The zero-order valence-electron chi connectivity index (χ0n) is 43.7. The number of imidazole rings is 1. The first-order valence-corrected chi connectivity index (χ1v) is 19.8. The van der Waals surface area contributed by atoms with E-state index in [-0.39, 0.29) is 49.0 Å². The Morgan fingerprint density at radius 3 is 2.05 bits per heavy atom. The van der Waals surface area contributed by atoms with Crippen molar-refractivity contribution in [2.45, 2.75) is 0 Å². The molecular weight excluding hydrogens is 954 g/mol. The molecular formula is C56H39N5OPt-2. The van der Waals surface area contributed by atoms with E-state index in [1.54, 1.807) is 45.7 Å². The number of anilines is 1. The number of para-hydroxylation sites is 3. The Balaban J connectivity index is 0.00000611. The number of hydrogen-bond acceptors (Lipinski definition) is 3. The van der Waals surface area contributed by atoms with E-state index in [1.165, 1.54) is 0 Å². The van der Waals surface area contributed by atoms with Gasteiger partial charge in [0.15, 0.2) is 0 Å². The fourth-order valence-electron chi connectivity index (χ4n) is 7.95. The Bertz CT molecular complexity index is 3880. The quantitative estimate of drug-likeness (QED) is 0.107. The van der Waals surface area contributed by atoms with Gasteiger partial charge in [-0.1, -0.05) is 151 Å². The molecule has 0 saturated heterocycles. The van der Waals surface area contributed by atoms with Crippen LogP contribution in [0.15, 0.2) is 200 Å². The van der Waals surface area contributed by atoms with E-state index in [2.05, 4.69) is 53.4 Å². The number of hydrogen-bond donors (Lipinski definition) is 0. The average Bonchev–Trinajstić information content (AvgIpc) is 3.94. The summed E-state index contributed by atoms with van der Waals surface area (Å²) < 4.78 is 99.0. The molecule has 11 rings (SSSR count). The van der Waals surface area contributed by atoms with Gasteiger partial charge in [0, 0.05) is 70.1 Å². The van der Waals surface area contributed by atoms with Crippen LogP contribution in [-0.2, 0) is 21.1 Å². The van der Waals surface area contributed by atoms with E-state index in [1.807, 2.05) is 91.8 Å². The summed E-state index contributed by atoms with van der Waals surface area (Å²) in [6.45, 7) is 0. The smallest absolute Gasteiger partial charge is 0.268 e. The predicted molar refractivity (Wildman–Crippen MR) is 251 cm³/mol. The van der Waals surface area contributed by atoms with Gasteiger partial charge in [-0.2, -0.15) is 18.2 Å². The van der Waals surface area contributed by atoms with Crippen molar-refractivity contribution < 1.29 is 44.1 Å². The molecule has 0 unspecified atom stereocenters. The molecule has 0 radical (unpaired) electrons. The summed E-state index contributed by atoms with van der Waals surface area (Å²) >= 11 is 0. The maximum absolute atomic E-state index is 9.02. The number of fused-ring (bicyclic) bond motifs is 4. The number of ether oxygens (including phenoxy) is 1. The molecule has 306 valence electrons. The third-order valence-electron chi connectivity index (χ3n) is 10.8. The summed E-state index contributed by atoms with van der Waals surface area (Å²) in [4.78, 5) is 6.84. The molecule has 7 heteroatoms. The fraction of sp³-hybridized carbons (Fsp3) is 0.0357. The minimum Gasteiger partial charge on any atom is -0.510 e. The van der Waals surface area contributed by atoms with E-state index in [9.17, 15) is 0 Å². The number of pyridine rings is 1. The number of benzene rings is 8. The molecule has 0 saturated carbocycles. The Kier molecular flexibility index (Phi) is 7.88. The first-order chi connectivity index (χ1) is 34.7.